The molecule has 1 aliphatic heterocycles. The molecule has 1 atom stereocenters. The molecule has 1 rings (SSSR count). The quantitative estimate of drug-likeness (QED) is 0.718. The summed E-state index contributed by atoms with van der Waals surface area (Å²) < 4.78 is 0. The maximum atomic E-state index is 5.48. The van der Waals surface area contributed by atoms with E-state index >= 15 is 0 Å². The molecular weight excluding hydrogens is 196 g/mol. The van der Waals surface area contributed by atoms with E-state index in [1.165, 1.54) is 32.4 Å². The van der Waals surface area contributed by atoms with Gasteiger partial charge in [-0.3, -0.25) is 4.90 Å². The second kappa shape index (κ2) is 6.27. The number of likely N-dealkylation sites (tertiary alicyclic amines) is 1. The van der Waals surface area contributed by atoms with E-state index in [9.17, 15) is 0 Å². The molecule has 0 aromatic heterocycles. The van der Waals surface area contributed by atoms with Crippen LogP contribution in [0.25, 0.3) is 0 Å². The number of hydrogen-bond acceptors (Lipinski definition) is 2. The SMILES string of the molecule is C#CCC(NCC)C(C)(C)N1CCCCC1. The summed E-state index contributed by atoms with van der Waals surface area (Å²) >= 11 is 0. The van der Waals surface area contributed by atoms with Crippen molar-refractivity contribution in [2.75, 3.05) is 19.6 Å². The van der Waals surface area contributed by atoms with E-state index in [2.05, 4.69) is 36.9 Å². The van der Waals surface area contributed by atoms with Gasteiger partial charge in [-0.15, -0.1) is 12.3 Å². The summed E-state index contributed by atoms with van der Waals surface area (Å²) in [6, 6.07) is 0.403. The molecule has 1 unspecified atom stereocenters. The van der Waals surface area contributed by atoms with Gasteiger partial charge in [0.25, 0.3) is 0 Å². The van der Waals surface area contributed by atoms with Crippen LogP contribution in [-0.4, -0.2) is 36.1 Å². The summed E-state index contributed by atoms with van der Waals surface area (Å²) in [5, 5.41) is 3.54. The van der Waals surface area contributed by atoms with E-state index in [1.54, 1.807) is 0 Å². The summed E-state index contributed by atoms with van der Waals surface area (Å²) in [7, 11) is 0. The second-order valence-electron chi connectivity index (χ2n) is 5.22. The van der Waals surface area contributed by atoms with Gasteiger partial charge in [-0.05, 0) is 46.3 Å². The Bertz CT molecular complexity index is 234. The molecule has 0 aromatic carbocycles. The maximum Gasteiger partial charge on any atom is 0.0356 e. The van der Waals surface area contributed by atoms with E-state index in [1.807, 2.05) is 0 Å². The van der Waals surface area contributed by atoms with E-state index in [-0.39, 0.29) is 5.54 Å². The summed E-state index contributed by atoms with van der Waals surface area (Å²) in [6.07, 6.45) is 10.3. The lowest BCUT2D eigenvalue weighted by Gasteiger charge is -2.45. The average Bonchev–Trinajstić information content (AvgIpc) is 2.30. The van der Waals surface area contributed by atoms with Crippen molar-refractivity contribution in [3.05, 3.63) is 0 Å². The van der Waals surface area contributed by atoms with Crippen molar-refractivity contribution < 1.29 is 0 Å². The maximum absolute atomic E-state index is 5.48. The molecule has 0 radical (unpaired) electrons. The van der Waals surface area contributed by atoms with Crippen molar-refractivity contribution in [3.63, 3.8) is 0 Å². The average molecular weight is 222 g/mol. The standard InChI is InChI=1S/C14H26N2/c1-5-10-13(15-6-2)14(3,4)16-11-8-7-9-12-16/h1,13,15H,6-12H2,2-4H3. The molecule has 0 spiro atoms. The first-order valence-electron chi connectivity index (χ1n) is 6.54. The summed E-state index contributed by atoms with van der Waals surface area (Å²) in [5.74, 6) is 2.81. The summed E-state index contributed by atoms with van der Waals surface area (Å²) in [4.78, 5) is 2.60. The lowest BCUT2D eigenvalue weighted by molar-refractivity contribution is 0.0631. The Morgan fingerprint density at radius 3 is 2.44 bits per heavy atom. The van der Waals surface area contributed by atoms with E-state index < -0.39 is 0 Å². The molecule has 1 saturated heterocycles. The molecule has 0 bridgehead atoms. The number of nitrogens with zero attached hydrogens (tertiary/aromatic N) is 1. The van der Waals surface area contributed by atoms with Gasteiger partial charge in [0.1, 0.15) is 0 Å². The van der Waals surface area contributed by atoms with Gasteiger partial charge in [0.05, 0.1) is 0 Å². The number of piperidine rings is 1. The molecule has 16 heavy (non-hydrogen) atoms. The molecule has 92 valence electrons. The highest BCUT2D eigenvalue weighted by Gasteiger charge is 2.34. The predicted molar refractivity (Wildman–Crippen MR) is 70.4 cm³/mol. The molecule has 1 fully saturated rings. The van der Waals surface area contributed by atoms with Crippen LogP contribution < -0.4 is 5.32 Å². The molecule has 1 heterocycles. The molecule has 0 aromatic rings. The monoisotopic (exact) mass is 222 g/mol. The Kier molecular flexibility index (Phi) is 5.31. The Morgan fingerprint density at radius 2 is 1.94 bits per heavy atom. The van der Waals surface area contributed by atoms with Gasteiger partial charge in [-0.25, -0.2) is 0 Å². The first-order chi connectivity index (χ1) is 7.62. The van der Waals surface area contributed by atoms with Gasteiger partial charge in [-0.1, -0.05) is 13.3 Å². The highest BCUT2D eigenvalue weighted by molar-refractivity contribution is 5.01. The second-order valence-corrected chi connectivity index (χ2v) is 5.22. The van der Waals surface area contributed by atoms with E-state index in [0.29, 0.717) is 6.04 Å². The number of rotatable bonds is 5. The zero-order valence-electron chi connectivity index (χ0n) is 11.1. The molecule has 1 aliphatic rings. The van der Waals surface area contributed by atoms with E-state index in [0.717, 1.165) is 13.0 Å². The fraction of sp³-hybridized carbons (Fsp3) is 0.857. The van der Waals surface area contributed by atoms with Crippen LogP contribution in [-0.2, 0) is 0 Å². The number of terminal acetylenes is 1. The fourth-order valence-corrected chi connectivity index (χ4v) is 2.63. The number of hydrogen-bond donors (Lipinski definition) is 1. The number of nitrogens with one attached hydrogen (secondary N) is 1. The van der Waals surface area contributed by atoms with Crippen LogP contribution in [0.3, 0.4) is 0 Å². The Balaban J connectivity index is 2.66. The third-order valence-corrected chi connectivity index (χ3v) is 3.80. The van der Waals surface area contributed by atoms with Crippen molar-refractivity contribution >= 4 is 0 Å². The number of likely N-dealkylation sites (N-methyl/N-ethyl adjacent to an activating group) is 1. The Labute approximate surface area is 101 Å². The van der Waals surface area contributed by atoms with Gasteiger partial charge in [0.15, 0.2) is 0 Å². The van der Waals surface area contributed by atoms with Gasteiger partial charge in [-0.2, -0.15) is 0 Å². The molecular formula is C14H26N2. The third kappa shape index (κ3) is 3.23. The van der Waals surface area contributed by atoms with E-state index in [4.69, 9.17) is 6.42 Å². The lowest BCUT2D eigenvalue weighted by atomic mass is 9.88. The van der Waals surface area contributed by atoms with Crippen LogP contribution in [0.4, 0.5) is 0 Å². The van der Waals surface area contributed by atoms with Gasteiger partial charge in [0.2, 0.25) is 0 Å². The third-order valence-electron chi connectivity index (χ3n) is 3.80. The zero-order valence-corrected chi connectivity index (χ0v) is 11.1. The van der Waals surface area contributed by atoms with Crippen molar-refractivity contribution in [2.24, 2.45) is 0 Å². The van der Waals surface area contributed by atoms with Gasteiger partial charge in [0, 0.05) is 18.0 Å². The van der Waals surface area contributed by atoms with Crippen molar-refractivity contribution in [3.8, 4) is 12.3 Å². The van der Waals surface area contributed by atoms with Crippen molar-refractivity contribution in [2.45, 2.75) is 58.0 Å². The van der Waals surface area contributed by atoms with Crippen LogP contribution in [0.15, 0.2) is 0 Å². The summed E-state index contributed by atoms with van der Waals surface area (Å²) in [6.45, 7) is 10.2. The van der Waals surface area contributed by atoms with Gasteiger partial charge < -0.3 is 5.32 Å². The van der Waals surface area contributed by atoms with Gasteiger partial charge >= 0.3 is 0 Å². The fourth-order valence-electron chi connectivity index (χ4n) is 2.63. The van der Waals surface area contributed by atoms with Crippen molar-refractivity contribution in [1.29, 1.82) is 0 Å². The van der Waals surface area contributed by atoms with Crippen LogP contribution in [0.5, 0.6) is 0 Å². The topological polar surface area (TPSA) is 15.3 Å². The minimum absolute atomic E-state index is 0.169. The lowest BCUT2D eigenvalue weighted by Crippen LogP contribution is -2.58. The first kappa shape index (κ1) is 13.5. The molecule has 1 N–H and O–H groups in total. The molecule has 2 nitrogen and oxygen atoms in total. The Hall–Kier alpha value is -0.520. The zero-order chi connectivity index (χ0) is 12.0. The van der Waals surface area contributed by atoms with Crippen molar-refractivity contribution in [1.82, 2.24) is 10.2 Å². The molecule has 0 amide bonds. The minimum atomic E-state index is 0.169. The molecule has 0 saturated carbocycles. The smallest absolute Gasteiger partial charge is 0.0356 e. The normalized spacial score (nSPS) is 20.4. The first-order valence-corrected chi connectivity index (χ1v) is 6.54. The van der Waals surface area contributed by atoms with Crippen LogP contribution >= 0.6 is 0 Å². The predicted octanol–water partition coefficient (Wildman–Crippen LogP) is 2.25. The highest BCUT2D eigenvalue weighted by Crippen LogP contribution is 2.25. The molecule has 2 heteroatoms. The minimum Gasteiger partial charge on any atom is -0.312 e. The Morgan fingerprint density at radius 1 is 1.31 bits per heavy atom. The molecule has 0 aliphatic carbocycles. The largest absolute Gasteiger partial charge is 0.312 e. The summed E-state index contributed by atoms with van der Waals surface area (Å²) in [5.41, 5.74) is 0.169. The van der Waals surface area contributed by atoms with Crippen LogP contribution in [0.1, 0.15) is 46.5 Å². The van der Waals surface area contributed by atoms with Crippen LogP contribution in [0, 0.1) is 12.3 Å². The van der Waals surface area contributed by atoms with Crippen LogP contribution in [0.2, 0.25) is 0 Å². The highest BCUT2D eigenvalue weighted by atomic mass is 15.2.